The molecule has 1 saturated carbocycles. The van der Waals surface area contributed by atoms with Crippen molar-refractivity contribution in [2.75, 3.05) is 13.1 Å². The van der Waals surface area contributed by atoms with Gasteiger partial charge in [0.1, 0.15) is 6.17 Å². The molecule has 0 unspecified atom stereocenters. The Bertz CT molecular complexity index is 114. The third-order valence-corrected chi connectivity index (χ3v) is 2.47. The zero-order chi connectivity index (χ0) is 7.14. The monoisotopic (exact) mass is 145 g/mol. The van der Waals surface area contributed by atoms with Gasteiger partial charge in [0, 0.05) is 19.1 Å². The van der Waals surface area contributed by atoms with Crippen LogP contribution in [0.1, 0.15) is 12.8 Å². The fraction of sp³-hybridized carbons (Fsp3) is 1.00. The van der Waals surface area contributed by atoms with Gasteiger partial charge in [0.05, 0.1) is 6.10 Å². The van der Waals surface area contributed by atoms with Gasteiger partial charge < -0.3 is 5.11 Å². The van der Waals surface area contributed by atoms with Gasteiger partial charge in [-0.2, -0.15) is 0 Å². The molecule has 58 valence electrons. The van der Waals surface area contributed by atoms with Crippen molar-refractivity contribution >= 4 is 0 Å². The van der Waals surface area contributed by atoms with Crippen LogP contribution in [-0.2, 0) is 0 Å². The van der Waals surface area contributed by atoms with E-state index in [4.69, 9.17) is 5.11 Å². The van der Waals surface area contributed by atoms with Gasteiger partial charge in [0.25, 0.3) is 0 Å². The lowest BCUT2D eigenvalue weighted by molar-refractivity contribution is -0.0551. The molecule has 2 aliphatic rings. The van der Waals surface area contributed by atoms with Crippen LogP contribution < -0.4 is 0 Å². The normalized spacial score (nSPS) is 42.6. The second-order valence-corrected chi connectivity index (χ2v) is 3.33. The average molecular weight is 145 g/mol. The maximum atomic E-state index is 12.3. The highest BCUT2D eigenvalue weighted by Crippen LogP contribution is 2.29. The van der Waals surface area contributed by atoms with Crippen LogP contribution >= 0.6 is 0 Å². The van der Waals surface area contributed by atoms with E-state index in [1.54, 1.807) is 0 Å². The number of likely N-dealkylation sites (tertiary alicyclic amines) is 1. The highest BCUT2D eigenvalue weighted by molar-refractivity contribution is 4.93. The van der Waals surface area contributed by atoms with Gasteiger partial charge in [0.15, 0.2) is 0 Å². The molecule has 2 nitrogen and oxygen atoms in total. The van der Waals surface area contributed by atoms with E-state index in [9.17, 15) is 4.39 Å². The average Bonchev–Trinajstić information content (AvgIpc) is 1.74. The van der Waals surface area contributed by atoms with Crippen molar-refractivity contribution in [3.63, 3.8) is 0 Å². The van der Waals surface area contributed by atoms with E-state index in [1.165, 1.54) is 0 Å². The lowest BCUT2D eigenvalue weighted by Crippen LogP contribution is -2.58. The minimum atomic E-state index is -0.599. The van der Waals surface area contributed by atoms with Crippen molar-refractivity contribution in [2.45, 2.75) is 31.2 Å². The van der Waals surface area contributed by atoms with Crippen LogP contribution in [0.5, 0.6) is 0 Å². The van der Waals surface area contributed by atoms with Gasteiger partial charge in [-0.3, -0.25) is 4.90 Å². The topological polar surface area (TPSA) is 23.5 Å². The highest BCUT2D eigenvalue weighted by atomic mass is 19.1. The molecule has 0 aromatic heterocycles. The molecule has 2 rings (SSSR count). The Balaban J connectivity index is 1.72. The van der Waals surface area contributed by atoms with Crippen molar-refractivity contribution in [3.05, 3.63) is 0 Å². The summed E-state index contributed by atoms with van der Waals surface area (Å²) in [4.78, 5) is 2.11. The summed E-state index contributed by atoms with van der Waals surface area (Å²) < 4.78 is 12.3. The first-order valence-corrected chi connectivity index (χ1v) is 3.82. The van der Waals surface area contributed by atoms with Crippen molar-refractivity contribution in [2.24, 2.45) is 0 Å². The first-order chi connectivity index (χ1) is 4.75. The molecule has 0 bridgehead atoms. The molecule has 10 heavy (non-hydrogen) atoms. The summed E-state index contributed by atoms with van der Waals surface area (Å²) in [6, 6.07) is 0.488. The summed E-state index contributed by atoms with van der Waals surface area (Å²) in [5, 5.41) is 8.93. The van der Waals surface area contributed by atoms with Crippen LogP contribution in [0.2, 0.25) is 0 Å². The number of alkyl halides is 1. The fourth-order valence-corrected chi connectivity index (χ4v) is 1.61. The number of nitrogens with zero attached hydrogens (tertiary/aromatic N) is 1. The number of rotatable bonds is 1. The zero-order valence-electron chi connectivity index (χ0n) is 5.83. The van der Waals surface area contributed by atoms with Crippen LogP contribution in [-0.4, -0.2) is 41.4 Å². The van der Waals surface area contributed by atoms with E-state index in [0.29, 0.717) is 19.1 Å². The second-order valence-electron chi connectivity index (χ2n) is 3.33. The highest BCUT2D eigenvalue weighted by Gasteiger charge is 2.38. The first-order valence-electron chi connectivity index (χ1n) is 3.82. The molecule has 0 aromatic rings. The first kappa shape index (κ1) is 6.55. The summed E-state index contributed by atoms with van der Waals surface area (Å²) in [6.45, 7) is 1.19. The SMILES string of the molecule is OC1CC(N2CC(F)C2)C1. The Kier molecular flexibility index (Phi) is 1.42. The van der Waals surface area contributed by atoms with E-state index in [1.807, 2.05) is 0 Å². The zero-order valence-corrected chi connectivity index (χ0v) is 5.83. The van der Waals surface area contributed by atoms with Crippen LogP contribution in [0, 0.1) is 0 Å². The predicted octanol–water partition coefficient (Wildman–Crippen LogP) is 0.163. The van der Waals surface area contributed by atoms with Crippen LogP contribution in [0.15, 0.2) is 0 Å². The van der Waals surface area contributed by atoms with Gasteiger partial charge in [-0.15, -0.1) is 0 Å². The number of aliphatic hydroxyl groups excluding tert-OH is 1. The van der Waals surface area contributed by atoms with Gasteiger partial charge in [0.2, 0.25) is 0 Å². The second kappa shape index (κ2) is 2.17. The minimum Gasteiger partial charge on any atom is -0.393 e. The molecule has 1 saturated heterocycles. The molecule has 1 aliphatic carbocycles. The van der Waals surface area contributed by atoms with Gasteiger partial charge in [-0.1, -0.05) is 0 Å². The maximum Gasteiger partial charge on any atom is 0.125 e. The minimum absolute atomic E-state index is 0.108. The number of halogens is 1. The molecule has 0 atom stereocenters. The quantitative estimate of drug-likeness (QED) is 0.568. The van der Waals surface area contributed by atoms with Crippen LogP contribution in [0.25, 0.3) is 0 Å². The molecule has 0 spiro atoms. The summed E-state index contributed by atoms with van der Waals surface area (Å²) in [7, 11) is 0. The lowest BCUT2D eigenvalue weighted by Gasteiger charge is -2.46. The van der Waals surface area contributed by atoms with Gasteiger partial charge >= 0.3 is 0 Å². The largest absolute Gasteiger partial charge is 0.393 e. The van der Waals surface area contributed by atoms with Gasteiger partial charge in [-0.25, -0.2) is 4.39 Å². The van der Waals surface area contributed by atoms with E-state index in [-0.39, 0.29) is 6.10 Å². The number of hydrogen-bond donors (Lipinski definition) is 1. The molecule has 1 heterocycles. The van der Waals surface area contributed by atoms with E-state index >= 15 is 0 Å². The van der Waals surface area contributed by atoms with Crippen molar-refractivity contribution < 1.29 is 9.50 Å². The number of aliphatic hydroxyl groups is 1. The van der Waals surface area contributed by atoms with Gasteiger partial charge in [-0.05, 0) is 12.8 Å². The summed E-state index contributed by atoms with van der Waals surface area (Å²) in [5.41, 5.74) is 0. The third-order valence-electron chi connectivity index (χ3n) is 2.47. The smallest absolute Gasteiger partial charge is 0.125 e. The molecule has 0 aromatic carbocycles. The molecule has 3 heteroatoms. The molecule has 2 fully saturated rings. The van der Waals surface area contributed by atoms with Crippen molar-refractivity contribution in [1.82, 2.24) is 4.90 Å². The Morgan fingerprint density at radius 2 is 1.90 bits per heavy atom. The lowest BCUT2D eigenvalue weighted by atomic mass is 9.86. The molecule has 1 aliphatic heterocycles. The summed E-state index contributed by atoms with van der Waals surface area (Å²) in [5.74, 6) is 0. The van der Waals surface area contributed by atoms with Crippen molar-refractivity contribution in [1.29, 1.82) is 0 Å². The van der Waals surface area contributed by atoms with Crippen LogP contribution in [0.3, 0.4) is 0 Å². The maximum absolute atomic E-state index is 12.3. The Hall–Kier alpha value is -0.150. The summed E-state index contributed by atoms with van der Waals surface area (Å²) >= 11 is 0. The molecule has 0 amide bonds. The van der Waals surface area contributed by atoms with E-state index in [2.05, 4.69) is 4.90 Å². The standard InChI is InChI=1S/C7H12FNO/c8-5-3-9(4-5)6-1-7(10)2-6/h5-7,10H,1-4H2. The van der Waals surface area contributed by atoms with Crippen molar-refractivity contribution in [3.8, 4) is 0 Å². The Morgan fingerprint density at radius 3 is 2.30 bits per heavy atom. The molecule has 1 N–H and O–H groups in total. The molecular formula is C7H12FNO. The summed E-state index contributed by atoms with van der Waals surface area (Å²) in [6.07, 6.45) is 1.00. The Labute approximate surface area is 59.6 Å². The van der Waals surface area contributed by atoms with Crippen LogP contribution in [0.4, 0.5) is 4.39 Å². The predicted molar refractivity (Wildman–Crippen MR) is 35.5 cm³/mol. The fourth-order valence-electron chi connectivity index (χ4n) is 1.61. The van der Waals surface area contributed by atoms with E-state index < -0.39 is 6.17 Å². The Morgan fingerprint density at radius 1 is 1.30 bits per heavy atom. The third kappa shape index (κ3) is 0.935. The molecular weight excluding hydrogens is 133 g/mol. The van der Waals surface area contributed by atoms with E-state index in [0.717, 1.165) is 12.8 Å². The number of hydrogen-bond acceptors (Lipinski definition) is 2. The molecule has 0 radical (unpaired) electrons.